The highest BCUT2D eigenvalue weighted by atomic mass is 35.5. The summed E-state index contributed by atoms with van der Waals surface area (Å²) in [5, 5.41) is 0.990. The monoisotopic (exact) mass is 327 g/mol. The summed E-state index contributed by atoms with van der Waals surface area (Å²) in [6.45, 7) is 0.579. The maximum Gasteiger partial charge on any atom is 0.130 e. The molecular weight excluding hydrogens is 313 g/mol. The number of rotatable bonds is 5. The van der Waals surface area contributed by atoms with E-state index in [1.165, 1.54) is 4.90 Å². The molecule has 0 saturated heterocycles. The third kappa shape index (κ3) is 3.83. The summed E-state index contributed by atoms with van der Waals surface area (Å²) in [7, 11) is 0. The van der Waals surface area contributed by atoms with E-state index in [0.717, 1.165) is 17.7 Å². The summed E-state index contributed by atoms with van der Waals surface area (Å²) in [5.41, 5.74) is 6.75. The van der Waals surface area contributed by atoms with Crippen molar-refractivity contribution in [2.24, 2.45) is 5.73 Å². The molecule has 0 heterocycles. The van der Waals surface area contributed by atoms with Gasteiger partial charge in [-0.1, -0.05) is 23.2 Å². The van der Waals surface area contributed by atoms with Gasteiger partial charge in [0.25, 0.3) is 0 Å². The Kier molecular flexibility index (Phi) is 5.61. The third-order valence-corrected chi connectivity index (χ3v) is 4.26. The van der Waals surface area contributed by atoms with E-state index in [0.29, 0.717) is 22.3 Å². The summed E-state index contributed by atoms with van der Waals surface area (Å²) in [6, 6.07) is 11.3. The number of halogens is 2. The van der Waals surface area contributed by atoms with Crippen molar-refractivity contribution in [3.8, 4) is 11.5 Å². The van der Waals surface area contributed by atoms with Crippen molar-refractivity contribution in [2.45, 2.75) is 11.3 Å². The van der Waals surface area contributed by atoms with Gasteiger partial charge >= 0.3 is 0 Å². The number of benzene rings is 2. The summed E-state index contributed by atoms with van der Waals surface area (Å²) < 4.78 is 5.89. The zero-order valence-corrected chi connectivity index (χ0v) is 13.4. The van der Waals surface area contributed by atoms with Gasteiger partial charge in [0.05, 0.1) is 10.0 Å². The lowest BCUT2D eigenvalue weighted by Gasteiger charge is -2.12. The van der Waals surface area contributed by atoms with Crippen LogP contribution in [0.25, 0.3) is 0 Å². The van der Waals surface area contributed by atoms with Gasteiger partial charge in [-0.05, 0) is 55.1 Å². The van der Waals surface area contributed by atoms with E-state index in [1.54, 1.807) is 30.0 Å². The van der Waals surface area contributed by atoms with E-state index >= 15 is 0 Å². The number of hydrogen-bond acceptors (Lipinski definition) is 3. The number of hydrogen-bond donors (Lipinski definition) is 1. The smallest absolute Gasteiger partial charge is 0.130 e. The highest BCUT2D eigenvalue weighted by molar-refractivity contribution is 7.98. The predicted molar refractivity (Wildman–Crippen MR) is 87.5 cm³/mol. The fourth-order valence-corrected chi connectivity index (χ4v) is 2.55. The van der Waals surface area contributed by atoms with Gasteiger partial charge in [0.2, 0.25) is 0 Å². The maximum atomic E-state index is 5.99. The molecule has 0 aliphatic rings. The second-order valence-electron chi connectivity index (χ2n) is 4.19. The van der Waals surface area contributed by atoms with Crippen molar-refractivity contribution in [2.75, 3.05) is 12.8 Å². The first-order valence-corrected chi connectivity index (χ1v) is 8.12. The number of nitrogens with two attached hydrogens (primary N) is 1. The van der Waals surface area contributed by atoms with Gasteiger partial charge in [-0.25, -0.2) is 0 Å². The Hall–Kier alpha value is -0.870. The molecule has 2 aromatic carbocycles. The van der Waals surface area contributed by atoms with Crippen LogP contribution in [0.2, 0.25) is 10.0 Å². The quantitative estimate of drug-likeness (QED) is 0.784. The topological polar surface area (TPSA) is 35.2 Å². The molecule has 0 fully saturated rings. The van der Waals surface area contributed by atoms with Crippen LogP contribution in [0.3, 0.4) is 0 Å². The first-order valence-electron chi connectivity index (χ1n) is 6.14. The molecule has 0 radical (unpaired) electrons. The van der Waals surface area contributed by atoms with Crippen LogP contribution < -0.4 is 10.5 Å². The Morgan fingerprint density at radius 1 is 1.10 bits per heavy atom. The van der Waals surface area contributed by atoms with Gasteiger partial charge in [0.15, 0.2) is 0 Å². The Labute approximate surface area is 133 Å². The van der Waals surface area contributed by atoms with Crippen LogP contribution in [0.5, 0.6) is 11.5 Å². The van der Waals surface area contributed by atoms with Crippen molar-refractivity contribution >= 4 is 35.0 Å². The van der Waals surface area contributed by atoms with Gasteiger partial charge in [-0.3, -0.25) is 0 Å². The molecule has 0 aliphatic carbocycles. The molecule has 0 saturated carbocycles. The molecule has 0 spiro atoms. The molecule has 0 aliphatic heterocycles. The number of ether oxygens (including phenoxy) is 1. The van der Waals surface area contributed by atoms with Gasteiger partial charge in [-0.15, -0.1) is 11.8 Å². The molecule has 2 nitrogen and oxygen atoms in total. The molecule has 106 valence electrons. The second-order valence-corrected chi connectivity index (χ2v) is 5.88. The molecule has 2 N–H and O–H groups in total. The normalized spacial score (nSPS) is 10.6. The summed E-state index contributed by atoms with van der Waals surface area (Å²) in [5.74, 6) is 1.46. The second kappa shape index (κ2) is 7.23. The van der Waals surface area contributed by atoms with Crippen LogP contribution in [0.1, 0.15) is 5.56 Å². The highest BCUT2D eigenvalue weighted by Crippen LogP contribution is 2.32. The van der Waals surface area contributed by atoms with E-state index in [2.05, 4.69) is 6.07 Å². The van der Waals surface area contributed by atoms with Gasteiger partial charge in [0, 0.05) is 11.0 Å². The van der Waals surface area contributed by atoms with E-state index in [9.17, 15) is 0 Å². The lowest BCUT2D eigenvalue weighted by molar-refractivity contribution is 0.475. The number of thioether (sulfide) groups is 1. The molecule has 5 heteroatoms. The van der Waals surface area contributed by atoms with Crippen LogP contribution in [-0.4, -0.2) is 12.8 Å². The van der Waals surface area contributed by atoms with Crippen LogP contribution in [0, 0.1) is 0 Å². The minimum absolute atomic E-state index is 0.477. The molecule has 0 amide bonds. The molecule has 0 aromatic heterocycles. The predicted octanol–water partition coefficient (Wildman–Crippen LogP) is 5.01. The standard InChI is InChI=1S/C15H15Cl2NOS/c1-20-12-3-5-15(10(8-12)6-7-18)19-11-2-4-13(16)14(17)9-11/h2-5,8-9H,6-7,18H2,1H3. The van der Waals surface area contributed by atoms with E-state index in [-0.39, 0.29) is 0 Å². The Bertz CT molecular complexity index is 604. The third-order valence-electron chi connectivity index (χ3n) is 2.80. The SMILES string of the molecule is CSc1ccc(Oc2ccc(Cl)c(Cl)c2)c(CCN)c1. The van der Waals surface area contributed by atoms with E-state index < -0.39 is 0 Å². The molecular formula is C15H15Cl2NOS. The molecule has 20 heavy (non-hydrogen) atoms. The van der Waals surface area contributed by atoms with Crippen LogP contribution >= 0.6 is 35.0 Å². The summed E-state index contributed by atoms with van der Waals surface area (Å²) in [4.78, 5) is 1.19. The first-order chi connectivity index (χ1) is 9.63. The van der Waals surface area contributed by atoms with Gasteiger partial charge < -0.3 is 10.5 Å². The Morgan fingerprint density at radius 2 is 1.90 bits per heavy atom. The lowest BCUT2D eigenvalue weighted by atomic mass is 10.1. The van der Waals surface area contributed by atoms with E-state index in [1.807, 2.05) is 18.4 Å². The van der Waals surface area contributed by atoms with Gasteiger partial charge in [-0.2, -0.15) is 0 Å². The zero-order valence-electron chi connectivity index (χ0n) is 11.0. The maximum absolute atomic E-state index is 5.99. The molecule has 0 unspecified atom stereocenters. The zero-order chi connectivity index (χ0) is 14.5. The molecule has 2 aromatic rings. The Balaban J connectivity index is 2.29. The average molecular weight is 328 g/mol. The van der Waals surface area contributed by atoms with Crippen molar-refractivity contribution in [3.05, 3.63) is 52.0 Å². The minimum Gasteiger partial charge on any atom is -0.457 e. The van der Waals surface area contributed by atoms with Crippen molar-refractivity contribution in [1.29, 1.82) is 0 Å². The van der Waals surface area contributed by atoms with Gasteiger partial charge in [0.1, 0.15) is 11.5 Å². The van der Waals surface area contributed by atoms with Crippen LogP contribution in [-0.2, 0) is 6.42 Å². The average Bonchev–Trinajstić information content (AvgIpc) is 2.45. The largest absolute Gasteiger partial charge is 0.457 e. The van der Waals surface area contributed by atoms with E-state index in [4.69, 9.17) is 33.7 Å². The minimum atomic E-state index is 0.477. The van der Waals surface area contributed by atoms with Crippen molar-refractivity contribution in [1.82, 2.24) is 0 Å². The molecule has 2 rings (SSSR count). The fraction of sp³-hybridized carbons (Fsp3) is 0.200. The lowest BCUT2D eigenvalue weighted by Crippen LogP contribution is -2.04. The van der Waals surface area contributed by atoms with Crippen LogP contribution in [0.4, 0.5) is 0 Å². The van der Waals surface area contributed by atoms with Crippen molar-refractivity contribution < 1.29 is 4.74 Å². The van der Waals surface area contributed by atoms with Crippen LogP contribution in [0.15, 0.2) is 41.3 Å². The molecule has 0 bridgehead atoms. The first kappa shape index (κ1) is 15.5. The fourth-order valence-electron chi connectivity index (χ4n) is 1.80. The Morgan fingerprint density at radius 3 is 2.55 bits per heavy atom. The highest BCUT2D eigenvalue weighted by Gasteiger charge is 2.07. The summed E-state index contributed by atoms with van der Waals surface area (Å²) >= 11 is 13.6. The summed E-state index contributed by atoms with van der Waals surface area (Å²) in [6.07, 6.45) is 2.81. The van der Waals surface area contributed by atoms with Crippen molar-refractivity contribution in [3.63, 3.8) is 0 Å². The molecule has 0 atom stereocenters.